The van der Waals surface area contributed by atoms with Crippen molar-refractivity contribution in [2.45, 2.75) is 20.8 Å². The molecule has 0 aromatic carbocycles. The minimum atomic E-state index is 0.735. The molecule has 3 heteroatoms. The highest BCUT2D eigenvalue weighted by atomic mass is 33.1. The first-order valence-electron chi connectivity index (χ1n) is 2.86. The molecule has 0 saturated carbocycles. The Labute approximate surface area is 60.2 Å². The normalized spacial score (nSPS) is 7.50. The second-order valence-electron chi connectivity index (χ2n) is 0.691. The first-order valence-corrected chi connectivity index (χ1v) is 5.35. The van der Waals surface area contributed by atoms with E-state index in [0.29, 0.717) is 0 Å². The molecule has 0 aliphatic carbocycles. The lowest BCUT2D eigenvalue weighted by Gasteiger charge is -1.86. The monoisotopic (exact) mass is 153 g/mol. The second-order valence-corrected chi connectivity index (χ2v) is 3.49. The van der Waals surface area contributed by atoms with Gasteiger partial charge in [0.05, 0.1) is 0 Å². The highest BCUT2D eigenvalue weighted by molar-refractivity contribution is 8.76. The molecule has 0 saturated heterocycles. The molecule has 0 rings (SSSR count). The summed E-state index contributed by atoms with van der Waals surface area (Å²) in [4.78, 5) is 0. The van der Waals surface area contributed by atoms with Crippen LogP contribution in [0, 0.1) is 0 Å². The third kappa shape index (κ3) is 15.9. The standard InChI is InChI=1S/C3H9NS2.C2H6/c1-2-5-6-3-4;1-2/h2-4H2,1H3;1-2H3. The van der Waals surface area contributed by atoms with Crippen molar-refractivity contribution >= 4 is 21.6 Å². The van der Waals surface area contributed by atoms with Crippen molar-refractivity contribution in [2.24, 2.45) is 5.73 Å². The zero-order chi connectivity index (χ0) is 6.83. The molecule has 8 heavy (non-hydrogen) atoms. The van der Waals surface area contributed by atoms with E-state index in [1.165, 1.54) is 0 Å². The van der Waals surface area contributed by atoms with Crippen molar-refractivity contribution in [3.8, 4) is 0 Å². The fourth-order valence-corrected chi connectivity index (χ4v) is 1.18. The Balaban J connectivity index is 0. The maximum absolute atomic E-state index is 5.16. The molecule has 2 N–H and O–H groups in total. The third-order valence-electron chi connectivity index (χ3n) is 0.269. The van der Waals surface area contributed by atoms with Crippen LogP contribution in [-0.4, -0.2) is 11.6 Å². The summed E-state index contributed by atoms with van der Waals surface area (Å²) in [5, 5.41) is 0. The first-order chi connectivity index (χ1) is 3.91. The van der Waals surface area contributed by atoms with E-state index in [1.807, 2.05) is 13.8 Å². The topological polar surface area (TPSA) is 26.0 Å². The van der Waals surface area contributed by atoms with Gasteiger partial charge in [0.2, 0.25) is 0 Å². The fourth-order valence-electron chi connectivity index (χ4n) is 0.131. The van der Waals surface area contributed by atoms with Crippen LogP contribution in [0.4, 0.5) is 0 Å². The van der Waals surface area contributed by atoms with Crippen molar-refractivity contribution < 1.29 is 0 Å². The van der Waals surface area contributed by atoms with Crippen LogP contribution >= 0.6 is 21.6 Å². The molecule has 1 nitrogen and oxygen atoms in total. The van der Waals surface area contributed by atoms with Gasteiger partial charge in [0.25, 0.3) is 0 Å². The molecule has 0 aromatic heterocycles. The SMILES string of the molecule is CC.CCSSCN. The number of nitrogens with two attached hydrogens (primary N) is 1. The lowest BCUT2D eigenvalue weighted by molar-refractivity contribution is 1.41. The predicted molar refractivity (Wildman–Crippen MR) is 46.1 cm³/mol. The molecule has 0 fully saturated rings. The average molecular weight is 153 g/mol. The molecule has 0 bridgehead atoms. The molecule has 0 amide bonds. The number of hydrogen-bond acceptors (Lipinski definition) is 3. The molecule has 52 valence electrons. The van der Waals surface area contributed by atoms with Crippen molar-refractivity contribution in [3.05, 3.63) is 0 Å². The minimum Gasteiger partial charge on any atom is -0.321 e. The van der Waals surface area contributed by atoms with Gasteiger partial charge in [-0.3, -0.25) is 0 Å². The van der Waals surface area contributed by atoms with Gasteiger partial charge in [-0.25, -0.2) is 0 Å². The van der Waals surface area contributed by atoms with Crippen LogP contribution in [0.2, 0.25) is 0 Å². The van der Waals surface area contributed by atoms with Crippen molar-refractivity contribution in [1.82, 2.24) is 0 Å². The van der Waals surface area contributed by atoms with Gasteiger partial charge in [0.15, 0.2) is 0 Å². The van der Waals surface area contributed by atoms with Crippen LogP contribution < -0.4 is 5.73 Å². The Bertz CT molecular complexity index is 22.4. The molecular weight excluding hydrogens is 138 g/mol. The summed E-state index contributed by atoms with van der Waals surface area (Å²) in [6.45, 7) is 6.12. The summed E-state index contributed by atoms with van der Waals surface area (Å²) >= 11 is 0. The molecule has 0 radical (unpaired) electrons. The maximum Gasteiger partial charge on any atom is 0.0498 e. The Morgan fingerprint density at radius 1 is 1.25 bits per heavy atom. The van der Waals surface area contributed by atoms with E-state index in [9.17, 15) is 0 Å². The van der Waals surface area contributed by atoms with Crippen LogP contribution in [0.15, 0.2) is 0 Å². The summed E-state index contributed by atoms with van der Waals surface area (Å²) in [5.41, 5.74) is 5.16. The predicted octanol–water partition coefficient (Wildman–Crippen LogP) is 2.33. The lowest BCUT2D eigenvalue weighted by atomic mass is 11.0. The van der Waals surface area contributed by atoms with E-state index in [-0.39, 0.29) is 0 Å². The van der Waals surface area contributed by atoms with E-state index in [1.54, 1.807) is 21.6 Å². The zero-order valence-electron chi connectivity index (χ0n) is 5.81. The Morgan fingerprint density at radius 2 is 1.75 bits per heavy atom. The van der Waals surface area contributed by atoms with Gasteiger partial charge in [-0.2, -0.15) is 0 Å². The van der Waals surface area contributed by atoms with E-state index in [4.69, 9.17) is 5.73 Å². The highest BCUT2D eigenvalue weighted by Gasteiger charge is 1.75. The van der Waals surface area contributed by atoms with Crippen LogP contribution in [0.5, 0.6) is 0 Å². The summed E-state index contributed by atoms with van der Waals surface area (Å²) in [5.74, 6) is 1.89. The van der Waals surface area contributed by atoms with E-state index >= 15 is 0 Å². The summed E-state index contributed by atoms with van der Waals surface area (Å²) in [6.07, 6.45) is 0. The van der Waals surface area contributed by atoms with Crippen LogP contribution in [0.25, 0.3) is 0 Å². The molecule has 0 aliphatic heterocycles. The largest absolute Gasteiger partial charge is 0.321 e. The van der Waals surface area contributed by atoms with Crippen LogP contribution in [-0.2, 0) is 0 Å². The fraction of sp³-hybridized carbons (Fsp3) is 1.00. The van der Waals surface area contributed by atoms with Crippen molar-refractivity contribution in [1.29, 1.82) is 0 Å². The Kier molecular flexibility index (Phi) is 22.4. The van der Waals surface area contributed by atoms with Gasteiger partial charge >= 0.3 is 0 Å². The molecule has 0 unspecified atom stereocenters. The third-order valence-corrected chi connectivity index (χ3v) is 2.42. The van der Waals surface area contributed by atoms with Crippen molar-refractivity contribution in [3.63, 3.8) is 0 Å². The Morgan fingerprint density at radius 3 is 1.88 bits per heavy atom. The van der Waals surface area contributed by atoms with Crippen molar-refractivity contribution in [2.75, 3.05) is 11.6 Å². The quantitative estimate of drug-likeness (QED) is 0.383. The zero-order valence-corrected chi connectivity index (χ0v) is 7.44. The molecule has 0 atom stereocenters. The average Bonchev–Trinajstić information content (AvgIpc) is 1.88. The Hall–Kier alpha value is 0.660. The summed E-state index contributed by atoms with van der Waals surface area (Å²) < 4.78 is 0. The van der Waals surface area contributed by atoms with Crippen LogP contribution in [0.1, 0.15) is 20.8 Å². The van der Waals surface area contributed by atoms with Crippen LogP contribution in [0.3, 0.4) is 0 Å². The number of rotatable bonds is 3. The van der Waals surface area contributed by atoms with Gasteiger partial charge < -0.3 is 5.73 Å². The van der Waals surface area contributed by atoms with E-state index in [2.05, 4.69) is 6.92 Å². The summed E-state index contributed by atoms with van der Waals surface area (Å²) in [7, 11) is 3.50. The molecular formula is C5H15NS2. The molecule has 0 aromatic rings. The van der Waals surface area contributed by atoms with Gasteiger partial charge in [-0.05, 0) is 0 Å². The summed E-state index contributed by atoms with van der Waals surface area (Å²) in [6, 6.07) is 0. The van der Waals surface area contributed by atoms with Gasteiger partial charge in [-0.15, -0.1) is 0 Å². The van der Waals surface area contributed by atoms with Gasteiger partial charge in [0.1, 0.15) is 0 Å². The van der Waals surface area contributed by atoms with E-state index in [0.717, 1.165) is 11.6 Å². The smallest absolute Gasteiger partial charge is 0.0498 e. The molecule has 0 heterocycles. The highest BCUT2D eigenvalue weighted by Crippen LogP contribution is 2.16. The first kappa shape index (κ1) is 11.5. The second kappa shape index (κ2) is 15.6. The minimum absolute atomic E-state index is 0.735. The van der Waals surface area contributed by atoms with E-state index < -0.39 is 0 Å². The molecule has 0 aliphatic rings. The van der Waals surface area contributed by atoms with Gasteiger partial charge in [0, 0.05) is 11.6 Å². The lowest BCUT2D eigenvalue weighted by Crippen LogP contribution is -1.88. The number of hydrogen-bond donors (Lipinski definition) is 1. The maximum atomic E-state index is 5.16. The van der Waals surface area contributed by atoms with Gasteiger partial charge in [-0.1, -0.05) is 42.4 Å². The molecule has 0 spiro atoms.